The van der Waals surface area contributed by atoms with Gasteiger partial charge in [0.25, 0.3) is 5.91 Å². The van der Waals surface area contributed by atoms with E-state index in [1.165, 1.54) is 0 Å². The molecule has 0 bridgehead atoms. The first-order valence-electron chi connectivity index (χ1n) is 11.2. The molecule has 0 spiro atoms. The first kappa shape index (κ1) is 21.5. The third-order valence-corrected chi connectivity index (χ3v) is 6.09. The molecule has 1 saturated heterocycles. The van der Waals surface area contributed by atoms with E-state index in [0.717, 1.165) is 43.3 Å². The maximum absolute atomic E-state index is 12.9. The minimum Gasteiger partial charge on any atom is -0.486 e. The lowest BCUT2D eigenvalue weighted by Gasteiger charge is -2.37. The van der Waals surface area contributed by atoms with E-state index in [2.05, 4.69) is 27.3 Å². The molecule has 174 valence electrons. The SMILES string of the molecule is Cc1ccc([C@H](CNC(=O)c2cc(-c3ccc4c(c3)OCCO4)on2)N2CCN(C)CC2)o1. The van der Waals surface area contributed by atoms with Crippen LogP contribution < -0.4 is 14.8 Å². The van der Waals surface area contributed by atoms with Gasteiger partial charge < -0.3 is 28.6 Å². The van der Waals surface area contributed by atoms with Crippen LogP contribution in [0.5, 0.6) is 11.5 Å². The van der Waals surface area contributed by atoms with Crippen LogP contribution in [0, 0.1) is 6.92 Å². The molecule has 0 radical (unpaired) electrons. The minimum atomic E-state index is -0.287. The summed E-state index contributed by atoms with van der Waals surface area (Å²) in [5, 5.41) is 6.99. The van der Waals surface area contributed by atoms with Crippen LogP contribution in [-0.2, 0) is 0 Å². The Kier molecular flexibility index (Phi) is 6.06. The number of aryl methyl sites for hydroxylation is 1. The number of aromatic nitrogens is 1. The van der Waals surface area contributed by atoms with Crippen LogP contribution in [0.2, 0.25) is 0 Å². The van der Waals surface area contributed by atoms with Crippen LogP contribution in [-0.4, -0.2) is 73.8 Å². The van der Waals surface area contributed by atoms with E-state index in [0.29, 0.717) is 37.0 Å². The monoisotopic (exact) mass is 452 g/mol. The second kappa shape index (κ2) is 9.29. The zero-order chi connectivity index (χ0) is 22.8. The highest BCUT2D eigenvalue weighted by molar-refractivity contribution is 5.93. The number of hydrogen-bond acceptors (Lipinski definition) is 8. The van der Waals surface area contributed by atoms with Crippen molar-refractivity contribution in [2.75, 3.05) is 53.0 Å². The maximum atomic E-state index is 12.9. The number of amides is 1. The Bertz CT molecular complexity index is 1120. The fourth-order valence-corrected chi connectivity index (χ4v) is 4.17. The number of benzene rings is 1. The van der Waals surface area contributed by atoms with Crippen LogP contribution >= 0.6 is 0 Å². The summed E-state index contributed by atoms with van der Waals surface area (Å²) >= 11 is 0. The van der Waals surface area contributed by atoms with Gasteiger partial charge in [-0.25, -0.2) is 0 Å². The molecule has 1 aromatic carbocycles. The lowest BCUT2D eigenvalue weighted by molar-refractivity contribution is 0.0843. The lowest BCUT2D eigenvalue weighted by Crippen LogP contribution is -2.48. The molecule has 0 saturated carbocycles. The highest BCUT2D eigenvalue weighted by Gasteiger charge is 2.27. The predicted octanol–water partition coefficient (Wildman–Crippen LogP) is 2.73. The number of hydrogen-bond donors (Lipinski definition) is 1. The van der Waals surface area contributed by atoms with Crippen molar-refractivity contribution in [1.29, 1.82) is 0 Å². The summed E-state index contributed by atoms with van der Waals surface area (Å²) in [6, 6.07) is 11.1. The third-order valence-electron chi connectivity index (χ3n) is 6.09. The predicted molar refractivity (Wildman–Crippen MR) is 121 cm³/mol. The van der Waals surface area contributed by atoms with Crippen molar-refractivity contribution >= 4 is 5.91 Å². The van der Waals surface area contributed by atoms with E-state index in [4.69, 9.17) is 18.4 Å². The number of likely N-dealkylation sites (N-methyl/N-ethyl adjacent to an activating group) is 1. The molecule has 2 aliphatic heterocycles. The second-order valence-corrected chi connectivity index (χ2v) is 8.45. The Morgan fingerprint density at radius 1 is 1.06 bits per heavy atom. The smallest absolute Gasteiger partial charge is 0.273 e. The van der Waals surface area contributed by atoms with E-state index in [-0.39, 0.29) is 17.6 Å². The highest BCUT2D eigenvalue weighted by atomic mass is 16.6. The van der Waals surface area contributed by atoms with Gasteiger partial charge in [-0.15, -0.1) is 0 Å². The molecule has 1 amide bonds. The van der Waals surface area contributed by atoms with Crippen molar-refractivity contribution in [3.63, 3.8) is 0 Å². The number of fused-ring (bicyclic) bond motifs is 1. The maximum Gasteiger partial charge on any atom is 0.273 e. The number of carbonyl (C=O) groups is 1. The van der Waals surface area contributed by atoms with Crippen molar-refractivity contribution in [3.8, 4) is 22.8 Å². The number of piperazine rings is 1. The Labute approximate surface area is 192 Å². The van der Waals surface area contributed by atoms with Crippen LogP contribution in [0.3, 0.4) is 0 Å². The fraction of sp³-hybridized carbons (Fsp3) is 0.417. The van der Waals surface area contributed by atoms with E-state index < -0.39 is 0 Å². The number of rotatable bonds is 6. The summed E-state index contributed by atoms with van der Waals surface area (Å²) in [5.41, 5.74) is 1.000. The molecule has 4 heterocycles. The molecular formula is C24H28N4O5. The molecule has 9 nitrogen and oxygen atoms in total. The summed E-state index contributed by atoms with van der Waals surface area (Å²) in [7, 11) is 2.12. The molecule has 1 N–H and O–H groups in total. The lowest BCUT2D eigenvalue weighted by atomic mass is 10.1. The molecule has 0 unspecified atom stereocenters. The number of carbonyl (C=O) groups excluding carboxylic acids is 1. The minimum absolute atomic E-state index is 0.0412. The third kappa shape index (κ3) is 4.74. The average molecular weight is 453 g/mol. The van der Waals surface area contributed by atoms with Crippen molar-refractivity contribution < 1.29 is 23.2 Å². The highest BCUT2D eigenvalue weighted by Crippen LogP contribution is 2.34. The Balaban J connectivity index is 1.27. The van der Waals surface area contributed by atoms with Gasteiger partial charge in [-0.05, 0) is 44.3 Å². The molecule has 1 fully saturated rings. The molecule has 5 rings (SSSR count). The van der Waals surface area contributed by atoms with E-state index in [9.17, 15) is 4.79 Å². The fourth-order valence-electron chi connectivity index (χ4n) is 4.17. The van der Waals surface area contributed by atoms with Gasteiger partial charge in [0.15, 0.2) is 23.0 Å². The zero-order valence-corrected chi connectivity index (χ0v) is 18.9. The van der Waals surface area contributed by atoms with Gasteiger partial charge in [0.1, 0.15) is 24.7 Å². The van der Waals surface area contributed by atoms with Crippen molar-refractivity contribution in [2.24, 2.45) is 0 Å². The van der Waals surface area contributed by atoms with Gasteiger partial charge in [-0.3, -0.25) is 9.69 Å². The Morgan fingerprint density at radius 3 is 2.61 bits per heavy atom. The first-order valence-corrected chi connectivity index (χ1v) is 11.2. The summed E-state index contributed by atoms with van der Waals surface area (Å²) < 4.78 is 22.5. The molecule has 3 aromatic rings. The summed E-state index contributed by atoms with van der Waals surface area (Å²) in [5.74, 6) is 3.28. The largest absolute Gasteiger partial charge is 0.486 e. The standard InChI is InChI=1S/C24H28N4O5/c1-16-3-5-20(32-16)19(28-9-7-27(2)8-10-28)15-25-24(29)18-14-22(33-26-18)17-4-6-21-23(13-17)31-12-11-30-21/h3-6,13-14,19H,7-12,15H2,1-2H3,(H,25,29)/t19-/m0/s1. The van der Waals surface area contributed by atoms with E-state index in [1.54, 1.807) is 6.07 Å². The molecule has 9 heteroatoms. The summed E-state index contributed by atoms with van der Waals surface area (Å²) in [4.78, 5) is 17.5. The second-order valence-electron chi connectivity index (χ2n) is 8.45. The Morgan fingerprint density at radius 2 is 1.85 bits per heavy atom. The van der Waals surface area contributed by atoms with Crippen molar-refractivity contribution in [2.45, 2.75) is 13.0 Å². The van der Waals surface area contributed by atoms with E-state index >= 15 is 0 Å². The number of ether oxygens (including phenoxy) is 2. The van der Waals surface area contributed by atoms with Crippen LogP contribution in [0.15, 0.2) is 45.3 Å². The zero-order valence-electron chi connectivity index (χ0n) is 18.9. The van der Waals surface area contributed by atoms with Gasteiger partial charge in [0.2, 0.25) is 0 Å². The van der Waals surface area contributed by atoms with Crippen molar-refractivity contribution in [1.82, 2.24) is 20.3 Å². The van der Waals surface area contributed by atoms with Gasteiger partial charge in [-0.1, -0.05) is 5.16 Å². The van der Waals surface area contributed by atoms with Gasteiger partial charge in [0.05, 0.1) is 6.04 Å². The quantitative estimate of drug-likeness (QED) is 0.610. The van der Waals surface area contributed by atoms with Crippen LogP contribution in [0.1, 0.15) is 28.1 Å². The molecule has 2 aromatic heterocycles. The van der Waals surface area contributed by atoms with Crippen LogP contribution in [0.25, 0.3) is 11.3 Å². The summed E-state index contributed by atoms with van der Waals surface area (Å²) in [6.45, 7) is 7.16. The summed E-state index contributed by atoms with van der Waals surface area (Å²) in [6.07, 6.45) is 0. The molecular weight excluding hydrogens is 424 g/mol. The normalized spacial score (nSPS) is 17.6. The van der Waals surface area contributed by atoms with E-state index in [1.807, 2.05) is 37.3 Å². The molecule has 0 aliphatic carbocycles. The number of nitrogens with zero attached hydrogens (tertiary/aromatic N) is 3. The molecule has 1 atom stereocenters. The number of furan rings is 1. The average Bonchev–Trinajstić information content (AvgIpc) is 3.50. The first-order chi connectivity index (χ1) is 16.1. The van der Waals surface area contributed by atoms with Gasteiger partial charge in [-0.2, -0.15) is 0 Å². The van der Waals surface area contributed by atoms with Gasteiger partial charge >= 0.3 is 0 Å². The molecule has 33 heavy (non-hydrogen) atoms. The van der Waals surface area contributed by atoms with Gasteiger partial charge in [0, 0.05) is 44.4 Å². The number of nitrogens with one attached hydrogen (secondary N) is 1. The topological polar surface area (TPSA) is 93.2 Å². The Hall–Kier alpha value is -3.30. The van der Waals surface area contributed by atoms with Crippen molar-refractivity contribution in [3.05, 3.63) is 53.6 Å². The van der Waals surface area contributed by atoms with Crippen LogP contribution in [0.4, 0.5) is 0 Å². The molecule has 2 aliphatic rings.